The number of nitrogens with one attached hydrogen (secondary N) is 3. The molecule has 11 nitrogen and oxygen atoms in total. The molecule has 1 saturated heterocycles. The van der Waals surface area contributed by atoms with Crippen LogP contribution in [0.1, 0.15) is 12.0 Å². The van der Waals surface area contributed by atoms with E-state index in [0.29, 0.717) is 27.4 Å². The second-order valence-electron chi connectivity index (χ2n) is 8.03. The van der Waals surface area contributed by atoms with Gasteiger partial charge in [0.25, 0.3) is 11.5 Å². The van der Waals surface area contributed by atoms with Gasteiger partial charge in [-0.1, -0.05) is 30.3 Å². The number of aromatic nitrogens is 5. The summed E-state index contributed by atoms with van der Waals surface area (Å²) in [5.74, 6) is 0.583. The molecule has 5 rings (SSSR count). The summed E-state index contributed by atoms with van der Waals surface area (Å²) >= 11 is 0. The fraction of sp³-hybridized carbons (Fsp3) is 0.217. The lowest BCUT2D eigenvalue weighted by Gasteiger charge is -2.16. The van der Waals surface area contributed by atoms with Gasteiger partial charge in [-0.2, -0.15) is 0 Å². The van der Waals surface area contributed by atoms with Crippen LogP contribution in [0.3, 0.4) is 0 Å². The Morgan fingerprint density at radius 2 is 2.03 bits per heavy atom. The van der Waals surface area contributed by atoms with Crippen molar-refractivity contribution in [3.05, 3.63) is 77.9 Å². The second-order valence-corrected chi connectivity index (χ2v) is 8.03. The van der Waals surface area contributed by atoms with Crippen LogP contribution < -0.4 is 20.8 Å². The molecule has 2 aromatic heterocycles. The normalized spacial score (nSPS) is 15.8. The van der Waals surface area contributed by atoms with Gasteiger partial charge >= 0.3 is 6.03 Å². The third kappa shape index (κ3) is 5.15. The summed E-state index contributed by atoms with van der Waals surface area (Å²) in [5, 5.41) is 25.1. The minimum Gasteiger partial charge on any atom is -0.594 e. The Morgan fingerprint density at radius 1 is 1.15 bits per heavy atom. The molecule has 172 valence electrons. The Kier molecular flexibility index (Phi) is 6.08. The van der Waals surface area contributed by atoms with Gasteiger partial charge in [-0.3, -0.25) is 15.2 Å². The molecule has 2 amide bonds. The molecule has 3 N–H and O–H groups in total. The van der Waals surface area contributed by atoms with Gasteiger partial charge in [0.05, 0.1) is 11.3 Å². The number of amides is 2. The summed E-state index contributed by atoms with van der Waals surface area (Å²) in [4.78, 5) is 27.5. The van der Waals surface area contributed by atoms with Crippen LogP contribution in [-0.4, -0.2) is 50.1 Å². The number of benzene rings is 2. The maximum Gasteiger partial charge on any atom is 0.324 e. The van der Waals surface area contributed by atoms with Crippen LogP contribution in [0.25, 0.3) is 11.0 Å². The maximum absolute atomic E-state index is 12.5. The van der Waals surface area contributed by atoms with Crippen LogP contribution in [0, 0.1) is 5.21 Å². The predicted octanol–water partition coefficient (Wildman–Crippen LogP) is 2.38. The van der Waals surface area contributed by atoms with E-state index in [1.165, 1.54) is 24.2 Å². The number of nitrogens with zero attached hydrogens (tertiary/aromatic N) is 6. The molecule has 1 aliphatic heterocycles. The zero-order chi connectivity index (χ0) is 23.3. The van der Waals surface area contributed by atoms with Gasteiger partial charge in [-0.15, -0.1) is 0 Å². The lowest BCUT2D eigenvalue weighted by atomic mass is 10.2. The van der Waals surface area contributed by atoms with E-state index in [4.69, 9.17) is 0 Å². The first kappa shape index (κ1) is 21.5. The minimum absolute atomic E-state index is 0.139. The quantitative estimate of drug-likeness (QED) is 0.297. The van der Waals surface area contributed by atoms with Gasteiger partial charge < -0.3 is 15.8 Å². The first-order chi connectivity index (χ1) is 16.6. The van der Waals surface area contributed by atoms with Gasteiger partial charge in [0, 0.05) is 49.8 Å². The number of likely N-dealkylation sites (tertiary alicyclic amines) is 1. The van der Waals surface area contributed by atoms with Crippen molar-refractivity contribution >= 4 is 34.5 Å². The summed E-state index contributed by atoms with van der Waals surface area (Å²) in [6, 6.07) is 14.8. The Labute approximate surface area is 195 Å². The van der Waals surface area contributed by atoms with Gasteiger partial charge in [-0.25, -0.2) is 14.8 Å². The van der Waals surface area contributed by atoms with E-state index in [1.807, 2.05) is 18.2 Å². The average Bonchev–Trinajstić information content (AvgIpc) is 3.26. The molecular formula is C23H23N9O2. The topological polar surface area (TPSA) is 135 Å². The van der Waals surface area contributed by atoms with E-state index in [9.17, 15) is 10.0 Å². The minimum atomic E-state index is -0.480. The van der Waals surface area contributed by atoms with Crippen molar-refractivity contribution in [2.45, 2.75) is 19.0 Å². The third-order valence-corrected chi connectivity index (χ3v) is 5.51. The Morgan fingerprint density at radius 3 is 2.85 bits per heavy atom. The number of urea groups is 1. The van der Waals surface area contributed by atoms with E-state index >= 15 is 0 Å². The molecule has 1 fully saturated rings. The van der Waals surface area contributed by atoms with Crippen LogP contribution in [0.2, 0.25) is 0 Å². The van der Waals surface area contributed by atoms with Crippen LogP contribution in [0.15, 0.2) is 67.1 Å². The molecule has 0 bridgehead atoms. The standard InChI is InChI=1S/C23H23N9O2/c33-23(29-21-13-24-9-10-25-21)27-17-6-7-20-19(12-17)28-22(30-32(20)34)26-18-8-11-31(15-18)14-16-4-2-1-3-5-16/h1-7,9-10,12-13,18H,8,11,14-15H2,(H,26,28,30)(H2,25,27,29,33). The number of anilines is 3. The molecule has 4 aromatic rings. The zero-order valence-corrected chi connectivity index (χ0v) is 18.3. The van der Waals surface area contributed by atoms with Gasteiger partial charge in [-0.05, 0) is 29.0 Å². The molecule has 3 heterocycles. The number of hydrogen-bond acceptors (Lipinski definition) is 8. The molecular weight excluding hydrogens is 434 g/mol. The fourth-order valence-corrected chi connectivity index (χ4v) is 3.95. The summed E-state index contributed by atoms with van der Waals surface area (Å²) in [7, 11) is 0. The van der Waals surface area contributed by atoms with Crippen molar-refractivity contribution in [1.82, 2.24) is 25.0 Å². The molecule has 1 atom stereocenters. The Hall–Kier alpha value is -4.38. The highest BCUT2D eigenvalue weighted by atomic mass is 16.5. The van der Waals surface area contributed by atoms with E-state index in [0.717, 1.165) is 26.1 Å². The lowest BCUT2D eigenvalue weighted by Crippen LogP contribution is -2.35. The number of hydrogen-bond donors (Lipinski definition) is 3. The van der Waals surface area contributed by atoms with Crippen LogP contribution >= 0.6 is 0 Å². The van der Waals surface area contributed by atoms with Crippen LogP contribution in [-0.2, 0) is 6.54 Å². The highest BCUT2D eigenvalue weighted by molar-refractivity contribution is 5.99. The molecule has 34 heavy (non-hydrogen) atoms. The van der Waals surface area contributed by atoms with E-state index in [2.05, 4.69) is 53.0 Å². The number of rotatable bonds is 6. The molecule has 0 saturated carbocycles. The number of fused-ring (bicyclic) bond motifs is 1. The van der Waals surface area contributed by atoms with Gasteiger partial charge in [0.1, 0.15) is 5.52 Å². The predicted molar refractivity (Wildman–Crippen MR) is 127 cm³/mol. The first-order valence-electron chi connectivity index (χ1n) is 10.9. The maximum atomic E-state index is 12.5. The highest BCUT2D eigenvalue weighted by Crippen LogP contribution is 2.19. The molecule has 2 aromatic carbocycles. The average molecular weight is 457 g/mol. The third-order valence-electron chi connectivity index (χ3n) is 5.51. The summed E-state index contributed by atoms with van der Waals surface area (Å²) < 4.78 is 0. The lowest BCUT2D eigenvalue weighted by molar-refractivity contribution is -0.641. The summed E-state index contributed by atoms with van der Waals surface area (Å²) in [6.45, 7) is 2.66. The molecule has 0 spiro atoms. The van der Waals surface area contributed by atoms with E-state index < -0.39 is 6.03 Å². The van der Waals surface area contributed by atoms with Crippen molar-refractivity contribution < 1.29 is 9.64 Å². The van der Waals surface area contributed by atoms with Crippen molar-refractivity contribution in [3.63, 3.8) is 0 Å². The number of carbonyl (C=O) groups is 1. The zero-order valence-electron chi connectivity index (χ0n) is 18.3. The smallest absolute Gasteiger partial charge is 0.324 e. The first-order valence-corrected chi connectivity index (χ1v) is 10.9. The van der Waals surface area contributed by atoms with E-state index in [1.54, 1.807) is 18.2 Å². The van der Waals surface area contributed by atoms with E-state index in [-0.39, 0.29) is 12.0 Å². The van der Waals surface area contributed by atoms with Crippen molar-refractivity contribution in [3.8, 4) is 0 Å². The SMILES string of the molecule is O=C(Nc1ccc2c(c1)nc(NC1CCN(Cc3ccccc3)C1)n[n+]2[O-])Nc1cnccn1. The Balaban J connectivity index is 1.25. The molecule has 1 aliphatic rings. The fourth-order valence-electron chi connectivity index (χ4n) is 3.95. The molecule has 0 aliphatic carbocycles. The van der Waals surface area contributed by atoms with Crippen molar-refractivity contribution in [2.75, 3.05) is 29.0 Å². The second kappa shape index (κ2) is 9.63. The molecule has 1 unspecified atom stereocenters. The summed E-state index contributed by atoms with van der Waals surface area (Å²) in [6.07, 6.45) is 5.37. The van der Waals surface area contributed by atoms with Crippen LogP contribution in [0.5, 0.6) is 0 Å². The Bertz CT molecular complexity index is 1290. The van der Waals surface area contributed by atoms with Crippen LogP contribution in [0.4, 0.5) is 22.2 Å². The highest BCUT2D eigenvalue weighted by Gasteiger charge is 2.24. The van der Waals surface area contributed by atoms with Gasteiger partial charge in [0.2, 0.25) is 0 Å². The summed E-state index contributed by atoms with van der Waals surface area (Å²) in [5.41, 5.74) is 2.48. The largest absolute Gasteiger partial charge is 0.594 e. The van der Waals surface area contributed by atoms with Gasteiger partial charge in [0.15, 0.2) is 5.82 Å². The molecule has 11 heteroatoms. The monoisotopic (exact) mass is 457 g/mol. The number of carbonyl (C=O) groups excluding carboxylic acids is 1. The van der Waals surface area contributed by atoms with Crippen molar-refractivity contribution in [1.29, 1.82) is 0 Å². The van der Waals surface area contributed by atoms with Crippen molar-refractivity contribution in [2.24, 2.45) is 0 Å². The molecule has 0 radical (unpaired) electrons.